The highest BCUT2D eigenvalue weighted by atomic mass is 32.1. The molecule has 2 heterocycles. The molecular weight excluding hydrogens is 543 g/mol. The van der Waals surface area contributed by atoms with Crippen LogP contribution in [0.5, 0.6) is 0 Å². The summed E-state index contributed by atoms with van der Waals surface area (Å²) in [6, 6.07) is -21.5. The highest BCUT2D eigenvalue weighted by molar-refractivity contribution is 7.27. The summed E-state index contributed by atoms with van der Waals surface area (Å²) in [5, 5.41) is -0.857. The van der Waals surface area contributed by atoms with Gasteiger partial charge in [0.25, 0.3) is 0 Å². The zero-order valence-electron chi connectivity index (χ0n) is 46.2. The maximum absolute atomic E-state index is 9.62. The molecule has 0 amide bonds. The van der Waals surface area contributed by atoms with Crippen LogP contribution in [0.15, 0.2) is 151 Å². The Hall–Kier alpha value is -5.45. The first-order valence-electron chi connectivity index (χ1n) is 24.7. The van der Waals surface area contributed by atoms with E-state index < -0.39 is 218 Å². The van der Waals surface area contributed by atoms with Crippen molar-refractivity contribution < 1.29 is 34.3 Å². The molecule has 0 aliphatic rings. The van der Waals surface area contributed by atoms with Gasteiger partial charge in [-0.1, -0.05) is 145 Å². The molecule has 0 bridgehead atoms. The van der Waals surface area contributed by atoms with Crippen LogP contribution in [0.25, 0.3) is 76.6 Å². The number of hydrogen-bond donors (Lipinski definition) is 0. The van der Waals surface area contributed by atoms with Crippen molar-refractivity contribution in [3.63, 3.8) is 0 Å². The fraction of sp³-hybridized carbons (Fsp3) is 0. The highest BCUT2D eigenvalue weighted by Crippen LogP contribution is 2.47. The summed E-state index contributed by atoms with van der Waals surface area (Å²) in [5.74, 6) is -2.37. The van der Waals surface area contributed by atoms with Crippen LogP contribution in [0.1, 0.15) is 34.3 Å². The van der Waals surface area contributed by atoms with E-state index in [0.717, 1.165) is 0 Å². The van der Waals surface area contributed by atoms with Crippen LogP contribution < -0.4 is 0 Å². The van der Waals surface area contributed by atoms with Gasteiger partial charge in [0.15, 0.2) is 17.5 Å². The molecule has 43 heavy (non-hydrogen) atoms. The number of nitrogens with zero attached hydrogens (tertiary/aromatic N) is 3. The third-order valence-electron chi connectivity index (χ3n) is 6.11. The molecule has 4 heteroatoms. The molecule has 8 aromatic rings. The second kappa shape index (κ2) is 10.8. The molecule has 0 radical (unpaired) electrons. The van der Waals surface area contributed by atoms with Crippen LogP contribution in [-0.4, -0.2) is 15.0 Å². The first-order valence-corrected chi connectivity index (χ1v) is 13.1. The van der Waals surface area contributed by atoms with Gasteiger partial charge in [0.2, 0.25) is 0 Å². The van der Waals surface area contributed by atoms with Crippen molar-refractivity contribution in [1.29, 1.82) is 0 Å². The van der Waals surface area contributed by atoms with E-state index in [0.29, 0.717) is 11.3 Å². The molecule has 0 unspecified atom stereocenters. The van der Waals surface area contributed by atoms with Gasteiger partial charge in [0, 0.05) is 36.9 Å². The largest absolute Gasteiger partial charge is 0.208 e. The fourth-order valence-electron chi connectivity index (χ4n) is 4.30. The first kappa shape index (κ1) is 10.4. The lowest BCUT2D eigenvalue weighted by molar-refractivity contribution is 1.08. The predicted octanol–water partition coefficient (Wildman–Crippen LogP) is 10.6. The number of thiophene rings is 1. The molecule has 0 fully saturated rings. The monoisotopic (exact) mass is 592 g/mol. The molecule has 202 valence electrons. The second-order valence-electron chi connectivity index (χ2n) is 8.57. The van der Waals surface area contributed by atoms with Crippen molar-refractivity contribution in [2.45, 2.75) is 0 Å². The van der Waals surface area contributed by atoms with Crippen LogP contribution >= 0.6 is 11.3 Å². The normalized spacial score (nSPS) is 19.4. The Kier molecular flexibility index (Phi) is 2.59. The SMILES string of the molecule is [2H]c1c([2H])c([2H])c(-c2nc(-c3c([2H])c([2H])c([2H])c([2H])c3[2H])nc(-c3c([2H])c([2H])c(-c4c([2H])c([2H])c([2H])c([2H])c4[2H])c4sc5c(-c6c([2H])c([2H])c([2H])c([2H])c6[2H])c([2H])c([2H])c([2H])c5c34)n2)c([2H])c1[2H]. The Labute approximate surface area is 289 Å². The smallest absolute Gasteiger partial charge is 0.164 e. The van der Waals surface area contributed by atoms with Crippen LogP contribution in [0.2, 0.25) is 0 Å². The van der Waals surface area contributed by atoms with Crippen LogP contribution in [-0.2, 0) is 0 Å². The molecule has 0 aliphatic heterocycles. The van der Waals surface area contributed by atoms with Gasteiger partial charge < -0.3 is 0 Å². The molecule has 0 aliphatic carbocycles. The van der Waals surface area contributed by atoms with Crippen LogP contribution in [0.4, 0.5) is 0 Å². The van der Waals surface area contributed by atoms with E-state index in [2.05, 4.69) is 15.0 Å². The third-order valence-corrected chi connectivity index (χ3v) is 7.33. The average Bonchev–Trinajstić information content (AvgIpc) is 3.69. The molecule has 0 atom stereocenters. The Balaban J connectivity index is 1.69. The standard InChI is InChI=1S/C39H25N3S/c1-5-14-26(15-6-1)30-22-13-23-32-34-33(25-24-31(36(34)43-35(30)32)27-16-7-2-8-17-27)39-41-37(28-18-9-3-10-19-28)40-38(42-39)29-20-11-4-12-21-29/h1-25H/i1D,2D,3D,4D,5D,6D,7D,8D,9D,10D,11D,12D,13D,14D,15D,16D,17D,18D,19D,20D,21D,22D,23D,24D,25D. The van der Waals surface area contributed by atoms with Crippen molar-refractivity contribution in [2.24, 2.45) is 0 Å². The lowest BCUT2D eigenvalue weighted by atomic mass is 9.96. The highest BCUT2D eigenvalue weighted by Gasteiger charge is 2.20. The van der Waals surface area contributed by atoms with Gasteiger partial charge in [-0.25, -0.2) is 15.0 Å². The summed E-state index contributed by atoms with van der Waals surface area (Å²) in [6.45, 7) is 0. The van der Waals surface area contributed by atoms with Gasteiger partial charge in [0.1, 0.15) is 0 Å². The molecule has 8 rings (SSSR count). The van der Waals surface area contributed by atoms with Gasteiger partial charge >= 0.3 is 0 Å². The Morgan fingerprint density at radius 3 is 1.35 bits per heavy atom. The quantitative estimate of drug-likeness (QED) is 0.200. The van der Waals surface area contributed by atoms with Crippen LogP contribution in [0, 0.1) is 0 Å². The minimum atomic E-state index is -0.950. The van der Waals surface area contributed by atoms with E-state index in [1.807, 2.05) is 0 Å². The van der Waals surface area contributed by atoms with Gasteiger partial charge in [0.05, 0.1) is 34.3 Å². The minimum Gasteiger partial charge on any atom is -0.208 e. The summed E-state index contributed by atoms with van der Waals surface area (Å²) in [6.07, 6.45) is 0. The summed E-state index contributed by atoms with van der Waals surface area (Å²) >= 11 is 0.531. The number of fused-ring (bicyclic) bond motifs is 3. The molecular formula is C39H25N3S. The molecule has 6 aromatic carbocycles. The van der Waals surface area contributed by atoms with E-state index in [4.69, 9.17) is 30.2 Å². The predicted molar refractivity (Wildman–Crippen MR) is 180 cm³/mol. The zero-order chi connectivity index (χ0) is 50.3. The molecule has 3 nitrogen and oxygen atoms in total. The average molecular weight is 593 g/mol. The zero-order valence-corrected chi connectivity index (χ0v) is 22.1. The maximum Gasteiger partial charge on any atom is 0.164 e. The number of aromatic nitrogens is 3. The van der Waals surface area contributed by atoms with Crippen molar-refractivity contribution in [3.05, 3.63) is 151 Å². The summed E-state index contributed by atoms with van der Waals surface area (Å²) in [5.41, 5.74) is -4.33. The van der Waals surface area contributed by atoms with Gasteiger partial charge in [-0.15, -0.1) is 11.3 Å². The maximum atomic E-state index is 9.62. The topological polar surface area (TPSA) is 38.7 Å². The van der Waals surface area contributed by atoms with Crippen LogP contribution in [0.3, 0.4) is 0 Å². The van der Waals surface area contributed by atoms with Crippen molar-refractivity contribution >= 4 is 31.5 Å². The van der Waals surface area contributed by atoms with E-state index in [-0.39, 0.29) is 9.40 Å². The number of rotatable bonds is 5. The molecule has 0 saturated heterocycles. The third kappa shape index (κ3) is 4.58. The first-order chi connectivity index (χ1) is 31.7. The minimum absolute atomic E-state index is 0.296. The fourth-order valence-corrected chi connectivity index (χ4v) is 5.58. The van der Waals surface area contributed by atoms with E-state index in [9.17, 15) is 4.11 Å². The van der Waals surface area contributed by atoms with Crippen molar-refractivity contribution in [3.8, 4) is 56.4 Å². The lowest BCUT2D eigenvalue weighted by Gasteiger charge is -2.11. The molecule has 0 spiro atoms. The molecule has 0 saturated carbocycles. The number of hydrogen-bond acceptors (Lipinski definition) is 4. The van der Waals surface area contributed by atoms with Gasteiger partial charge in [-0.3, -0.25) is 0 Å². The second-order valence-corrected chi connectivity index (χ2v) is 9.59. The van der Waals surface area contributed by atoms with Crippen molar-refractivity contribution in [2.75, 3.05) is 0 Å². The Bertz CT molecular complexity index is 3440. The Morgan fingerprint density at radius 1 is 0.372 bits per heavy atom. The summed E-state index contributed by atoms with van der Waals surface area (Å²) < 4.78 is 216. The van der Waals surface area contributed by atoms with Gasteiger partial charge in [-0.2, -0.15) is 0 Å². The summed E-state index contributed by atoms with van der Waals surface area (Å²) in [7, 11) is 0. The van der Waals surface area contributed by atoms with E-state index in [1.54, 1.807) is 0 Å². The number of benzene rings is 6. The van der Waals surface area contributed by atoms with E-state index in [1.165, 1.54) is 0 Å². The molecule has 2 aromatic heterocycles. The molecule has 0 N–H and O–H groups in total. The van der Waals surface area contributed by atoms with Gasteiger partial charge in [-0.05, 0) is 28.3 Å². The summed E-state index contributed by atoms with van der Waals surface area (Å²) in [4.78, 5) is 13.1. The van der Waals surface area contributed by atoms with E-state index >= 15 is 0 Å². The lowest BCUT2D eigenvalue weighted by Crippen LogP contribution is -2.00. The Morgan fingerprint density at radius 2 is 0.814 bits per heavy atom. The van der Waals surface area contributed by atoms with Crippen molar-refractivity contribution in [1.82, 2.24) is 15.0 Å².